The predicted octanol–water partition coefficient (Wildman–Crippen LogP) is -0.0508. The predicted molar refractivity (Wildman–Crippen MR) is 52.8 cm³/mol. The Morgan fingerprint density at radius 2 is 2.27 bits per heavy atom. The number of rotatable bonds is 3. The van der Waals surface area contributed by atoms with Gasteiger partial charge in [0, 0.05) is 26.2 Å². The molecular formula is C10H17NO4. The first-order valence-corrected chi connectivity index (χ1v) is 5.32. The first-order chi connectivity index (χ1) is 7.20. The number of carboxylic acid groups (broad SMARTS) is 1. The molecule has 1 N–H and O–H groups in total. The van der Waals surface area contributed by atoms with Crippen LogP contribution >= 0.6 is 0 Å². The second kappa shape index (κ2) is 4.47. The Bertz CT molecular complexity index is 240. The molecule has 1 atom stereocenters. The van der Waals surface area contributed by atoms with Gasteiger partial charge in [-0.3, -0.25) is 4.90 Å². The summed E-state index contributed by atoms with van der Waals surface area (Å²) >= 11 is 0. The van der Waals surface area contributed by atoms with E-state index in [0.717, 1.165) is 19.4 Å². The average Bonchev–Trinajstić information content (AvgIpc) is 2.16. The van der Waals surface area contributed by atoms with Gasteiger partial charge >= 0.3 is 5.97 Å². The molecular weight excluding hydrogens is 198 g/mol. The van der Waals surface area contributed by atoms with Crippen LogP contribution in [-0.2, 0) is 14.3 Å². The third-order valence-corrected chi connectivity index (χ3v) is 3.29. The van der Waals surface area contributed by atoms with Crippen molar-refractivity contribution in [1.29, 1.82) is 0 Å². The van der Waals surface area contributed by atoms with Crippen molar-refractivity contribution >= 4 is 5.97 Å². The molecule has 0 spiro atoms. The van der Waals surface area contributed by atoms with E-state index in [0.29, 0.717) is 25.3 Å². The highest BCUT2D eigenvalue weighted by Gasteiger charge is 2.37. The van der Waals surface area contributed by atoms with Crippen molar-refractivity contribution in [1.82, 2.24) is 4.90 Å². The summed E-state index contributed by atoms with van der Waals surface area (Å²) in [5.74, 6) is -0.859. The highest BCUT2D eigenvalue weighted by molar-refractivity contribution is 5.72. The Morgan fingerprint density at radius 1 is 1.53 bits per heavy atom. The molecule has 5 heteroatoms. The Hall–Kier alpha value is -0.650. The van der Waals surface area contributed by atoms with Crippen LogP contribution in [0.15, 0.2) is 0 Å². The van der Waals surface area contributed by atoms with Crippen molar-refractivity contribution in [3.63, 3.8) is 0 Å². The van der Waals surface area contributed by atoms with Crippen molar-refractivity contribution in [2.75, 3.05) is 26.8 Å². The van der Waals surface area contributed by atoms with Gasteiger partial charge in [0.2, 0.25) is 0 Å². The third-order valence-electron chi connectivity index (χ3n) is 3.29. The summed E-state index contributed by atoms with van der Waals surface area (Å²) in [6.07, 6.45) is 1.74. The van der Waals surface area contributed by atoms with Crippen LogP contribution in [0.2, 0.25) is 0 Å². The molecule has 1 saturated heterocycles. The topological polar surface area (TPSA) is 59.0 Å². The van der Waals surface area contributed by atoms with E-state index in [2.05, 4.69) is 4.90 Å². The van der Waals surface area contributed by atoms with Crippen LogP contribution in [0.4, 0.5) is 0 Å². The molecule has 1 aliphatic heterocycles. The fourth-order valence-corrected chi connectivity index (χ4v) is 2.18. The second-order valence-corrected chi connectivity index (χ2v) is 4.18. The van der Waals surface area contributed by atoms with Crippen LogP contribution in [0.25, 0.3) is 0 Å². The minimum Gasteiger partial charge on any atom is -0.479 e. The number of hydrogen-bond donors (Lipinski definition) is 1. The summed E-state index contributed by atoms with van der Waals surface area (Å²) in [5.41, 5.74) is 0. The quantitative estimate of drug-likeness (QED) is 0.715. The lowest BCUT2D eigenvalue weighted by molar-refractivity contribution is -0.159. The first kappa shape index (κ1) is 10.9. The minimum atomic E-state index is -0.859. The Balaban J connectivity index is 1.81. The summed E-state index contributed by atoms with van der Waals surface area (Å²) in [6.45, 7) is 1.87. The molecule has 1 heterocycles. The molecule has 0 aromatic heterocycles. The maximum atomic E-state index is 10.8. The van der Waals surface area contributed by atoms with Gasteiger partial charge in [0.05, 0.1) is 12.7 Å². The fraction of sp³-hybridized carbons (Fsp3) is 0.900. The molecule has 0 amide bonds. The molecule has 15 heavy (non-hydrogen) atoms. The monoisotopic (exact) mass is 215 g/mol. The Kier molecular flexibility index (Phi) is 3.23. The molecule has 0 bridgehead atoms. The number of aliphatic carboxylic acids is 1. The highest BCUT2D eigenvalue weighted by Crippen LogP contribution is 2.28. The number of hydrogen-bond acceptors (Lipinski definition) is 4. The standard InChI is InChI=1S/C10H17NO4/c1-14-8-4-7(5-8)11-2-3-15-9(6-11)10(12)13/h7-9H,2-6H2,1H3,(H,12,13). The average molecular weight is 215 g/mol. The molecule has 2 fully saturated rings. The van der Waals surface area contributed by atoms with Gasteiger partial charge in [0.15, 0.2) is 6.10 Å². The van der Waals surface area contributed by atoms with Crippen molar-refractivity contribution in [2.45, 2.75) is 31.1 Å². The number of carbonyl (C=O) groups is 1. The highest BCUT2D eigenvalue weighted by atomic mass is 16.5. The van der Waals surface area contributed by atoms with Crippen LogP contribution in [-0.4, -0.2) is 61.0 Å². The van der Waals surface area contributed by atoms with Gasteiger partial charge in [-0.1, -0.05) is 0 Å². The SMILES string of the molecule is COC1CC(N2CCOC(C(=O)O)C2)C1. The van der Waals surface area contributed by atoms with E-state index in [1.165, 1.54) is 0 Å². The number of nitrogens with zero attached hydrogens (tertiary/aromatic N) is 1. The lowest BCUT2D eigenvalue weighted by atomic mass is 9.87. The molecule has 2 aliphatic rings. The smallest absolute Gasteiger partial charge is 0.334 e. The number of morpholine rings is 1. The van der Waals surface area contributed by atoms with Crippen LogP contribution in [0.1, 0.15) is 12.8 Å². The van der Waals surface area contributed by atoms with Gasteiger partial charge < -0.3 is 14.6 Å². The summed E-state index contributed by atoms with van der Waals surface area (Å²) in [4.78, 5) is 13.0. The summed E-state index contributed by atoms with van der Waals surface area (Å²) in [6, 6.07) is 0.487. The number of ether oxygens (including phenoxy) is 2. The zero-order valence-corrected chi connectivity index (χ0v) is 8.89. The van der Waals surface area contributed by atoms with E-state index in [-0.39, 0.29) is 0 Å². The van der Waals surface area contributed by atoms with Gasteiger partial charge in [-0.15, -0.1) is 0 Å². The molecule has 1 saturated carbocycles. The first-order valence-electron chi connectivity index (χ1n) is 5.32. The fourth-order valence-electron chi connectivity index (χ4n) is 2.18. The van der Waals surface area contributed by atoms with E-state index in [9.17, 15) is 4.79 Å². The lowest BCUT2D eigenvalue weighted by Gasteiger charge is -2.44. The summed E-state index contributed by atoms with van der Waals surface area (Å²) in [5, 5.41) is 8.85. The van der Waals surface area contributed by atoms with Crippen LogP contribution in [0.3, 0.4) is 0 Å². The van der Waals surface area contributed by atoms with Gasteiger partial charge in [-0.25, -0.2) is 4.79 Å². The normalized spacial score (nSPS) is 37.3. The summed E-state index contributed by atoms with van der Waals surface area (Å²) < 4.78 is 10.4. The van der Waals surface area contributed by atoms with Crippen LogP contribution in [0.5, 0.6) is 0 Å². The molecule has 86 valence electrons. The van der Waals surface area contributed by atoms with Crippen molar-refractivity contribution in [3.8, 4) is 0 Å². The second-order valence-electron chi connectivity index (χ2n) is 4.18. The number of methoxy groups -OCH3 is 1. The van der Waals surface area contributed by atoms with Crippen LogP contribution < -0.4 is 0 Å². The molecule has 0 radical (unpaired) electrons. The molecule has 1 aliphatic carbocycles. The van der Waals surface area contributed by atoms with Crippen molar-refractivity contribution in [3.05, 3.63) is 0 Å². The molecule has 2 rings (SSSR count). The molecule has 5 nitrogen and oxygen atoms in total. The van der Waals surface area contributed by atoms with E-state index in [4.69, 9.17) is 14.6 Å². The van der Waals surface area contributed by atoms with E-state index in [1.807, 2.05) is 0 Å². The molecule has 0 aromatic rings. The minimum absolute atomic E-state index is 0.362. The largest absolute Gasteiger partial charge is 0.479 e. The third kappa shape index (κ3) is 2.30. The van der Waals surface area contributed by atoms with Crippen molar-refractivity contribution in [2.24, 2.45) is 0 Å². The maximum Gasteiger partial charge on any atom is 0.334 e. The maximum absolute atomic E-state index is 10.8. The molecule has 0 aromatic carbocycles. The number of carboxylic acids is 1. The van der Waals surface area contributed by atoms with E-state index >= 15 is 0 Å². The zero-order chi connectivity index (χ0) is 10.8. The van der Waals surface area contributed by atoms with Gasteiger partial charge in [-0.05, 0) is 12.8 Å². The van der Waals surface area contributed by atoms with Gasteiger partial charge in [0.1, 0.15) is 0 Å². The Labute approximate surface area is 89.0 Å². The van der Waals surface area contributed by atoms with E-state index in [1.54, 1.807) is 7.11 Å². The lowest BCUT2D eigenvalue weighted by Crippen LogP contribution is -2.55. The molecule has 1 unspecified atom stereocenters. The summed E-state index contributed by atoms with van der Waals surface area (Å²) in [7, 11) is 1.72. The zero-order valence-electron chi connectivity index (χ0n) is 8.89. The van der Waals surface area contributed by atoms with Gasteiger partial charge in [-0.2, -0.15) is 0 Å². The van der Waals surface area contributed by atoms with E-state index < -0.39 is 12.1 Å². The Morgan fingerprint density at radius 3 is 2.87 bits per heavy atom. The van der Waals surface area contributed by atoms with Crippen LogP contribution in [0, 0.1) is 0 Å². The van der Waals surface area contributed by atoms with Gasteiger partial charge in [0.25, 0.3) is 0 Å². The van der Waals surface area contributed by atoms with Crippen molar-refractivity contribution < 1.29 is 19.4 Å².